The maximum Gasteiger partial charge on any atom is 0.270 e. The highest BCUT2D eigenvalue weighted by molar-refractivity contribution is 5.43. The van der Waals surface area contributed by atoms with E-state index < -0.39 is 0 Å². The second-order valence-corrected chi connectivity index (χ2v) is 6.36. The molecule has 0 atom stereocenters. The fourth-order valence-electron chi connectivity index (χ4n) is 1.58. The maximum atomic E-state index is 10.9. The third-order valence-electron chi connectivity index (χ3n) is 2.64. The summed E-state index contributed by atoms with van der Waals surface area (Å²) in [7, 11) is 0. The molecule has 1 rings (SSSR count). The van der Waals surface area contributed by atoms with E-state index in [4.69, 9.17) is 4.74 Å². The van der Waals surface area contributed by atoms with Crippen molar-refractivity contribution >= 4 is 5.69 Å². The van der Waals surface area contributed by atoms with Gasteiger partial charge >= 0.3 is 0 Å². The van der Waals surface area contributed by atoms with E-state index >= 15 is 0 Å². The van der Waals surface area contributed by atoms with Gasteiger partial charge < -0.3 is 10.1 Å². The molecule has 0 saturated carbocycles. The molecule has 1 aromatic carbocycles. The first-order valence-corrected chi connectivity index (χ1v) is 6.84. The minimum Gasteiger partial charge on any atom is -0.493 e. The largest absolute Gasteiger partial charge is 0.493 e. The molecule has 0 aliphatic carbocycles. The van der Waals surface area contributed by atoms with E-state index in [1.165, 1.54) is 6.07 Å². The van der Waals surface area contributed by atoms with Crippen LogP contribution in [0.3, 0.4) is 0 Å². The molecular formula is C15H24N2O3. The third-order valence-corrected chi connectivity index (χ3v) is 2.64. The summed E-state index contributed by atoms with van der Waals surface area (Å²) in [4.78, 5) is 10.5. The van der Waals surface area contributed by atoms with Gasteiger partial charge in [0.05, 0.1) is 11.5 Å². The zero-order valence-electron chi connectivity index (χ0n) is 12.9. The van der Waals surface area contributed by atoms with Gasteiger partial charge in [-0.15, -0.1) is 0 Å². The van der Waals surface area contributed by atoms with Crippen LogP contribution in [0.2, 0.25) is 0 Å². The van der Waals surface area contributed by atoms with E-state index in [0.29, 0.717) is 24.8 Å². The van der Waals surface area contributed by atoms with Crippen LogP contribution in [-0.2, 0) is 6.54 Å². The number of ether oxygens (including phenoxy) is 1. The standard InChI is InChI=1S/C15H24N2O3/c1-11(2)10-20-14-7-6-13(17(18)19)8-12(14)9-16-15(3,4)5/h6-8,11,16H,9-10H2,1-5H3. The number of nitrogens with zero attached hydrogens (tertiary/aromatic N) is 1. The Kier molecular flexibility index (Phi) is 5.51. The van der Waals surface area contributed by atoms with Crippen LogP contribution < -0.4 is 10.1 Å². The second-order valence-electron chi connectivity index (χ2n) is 6.36. The smallest absolute Gasteiger partial charge is 0.270 e. The first kappa shape index (κ1) is 16.4. The van der Waals surface area contributed by atoms with Crippen LogP contribution in [-0.4, -0.2) is 17.1 Å². The lowest BCUT2D eigenvalue weighted by molar-refractivity contribution is -0.384. The van der Waals surface area contributed by atoms with Crippen LogP contribution in [0.5, 0.6) is 5.75 Å². The maximum absolute atomic E-state index is 10.9. The number of non-ortho nitro benzene ring substituents is 1. The number of nitro benzene ring substituents is 1. The Hall–Kier alpha value is -1.62. The number of rotatable bonds is 6. The summed E-state index contributed by atoms with van der Waals surface area (Å²) in [5, 5.41) is 14.2. The quantitative estimate of drug-likeness (QED) is 0.639. The summed E-state index contributed by atoms with van der Waals surface area (Å²) in [5.41, 5.74) is 0.849. The molecule has 0 saturated heterocycles. The molecule has 0 heterocycles. The van der Waals surface area contributed by atoms with E-state index in [0.717, 1.165) is 5.56 Å². The van der Waals surface area contributed by atoms with Gasteiger partial charge in [-0.05, 0) is 32.8 Å². The van der Waals surface area contributed by atoms with Crippen molar-refractivity contribution in [1.82, 2.24) is 5.32 Å². The number of nitro groups is 1. The summed E-state index contributed by atoms with van der Waals surface area (Å²) >= 11 is 0. The molecule has 112 valence electrons. The monoisotopic (exact) mass is 280 g/mol. The minimum atomic E-state index is -0.382. The second kappa shape index (κ2) is 6.70. The van der Waals surface area contributed by atoms with Crippen molar-refractivity contribution < 1.29 is 9.66 Å². The lowest BCUT2D eigenvalue weighted by Gasteiger charge is -2.22. The highest BCUT2D eigenvalue weighted by Crippen LogP contribution is 2.25. The van der Waals surface area contributed by atoms with Crippen LogP contribution in [0.25, 0.3) is 0 Å². The normalized spacial score (nSPS) is 11.7. The molecule has 0 aliphatic rings. The molecule has 20 heavy (non-hydrogen) atoms. The van der Waals surface area contributed by atoms with Gasteiger partial charge in [0.15, 0.2) is 0 Å². The van der Waals surface area contributed by atoms with Gasteiger partial charge in [0.25, 0.3) is 5.69 Å². The minimum absolute atomic E-state index is 0.0556. The summed E-state index contributed by atoms with van der Waals surface area (Å²) in [5.74, 6) is 1.12. The van der Waals surface area contributed by atoms with Crippen LogP contribution >= 0.6 is 0 Å². The summed E-state index contributed by atoms with van der Waals surface area (Å²) in [6.07, 6.45) is 0. The van der Waals surface area contributed by atoms with Gasteiger partial charge in [-0.25, -0.2) is 0 Å². The van der Waals surface area contributed by atoms with Crippen molar-refractivity contribution in [2.24, 2.45) is 5.92 Å². The average Bonchev–Trinajstić information content (AvgIpc) is 2.33. The number of nitrogens with one attached hydrogen (secondary N) is 1. The van der Waals surface area contributed by atoms with Crippen LogP contribution in [0.4, 0.5) is 5.69 Å². The zero-order chi connectivity index (χ0) is 15.3. The molecule has 5 heteroatoms. The lowest BCUT2D eigenvalue weighted by Crippen LogP contribution is -2.35. The van der Waals surface area contributed by atoms with Gasteiger partial charge in [-0.2, -0.15) is 0 Å². The van der Waals surface area contributed by atoms with Crippen molar-refractivity contribution in [2.75, 3.05) is 6.61 Å². The lowest BCUT2D eigenvalue weighted by atomic mass is 10.1. The number of hydrogen-bond acceptors (Lipinski definition) is 4. The first-order valence-electron chi connectivity index (χ1n) is 6.84. The fourth-order valence-corrected chi connectivity index (χ4v) is 1.58. The predicted octanol–water partition coefficient (Wildman–Crippen LogP) is 3.52. The molecule has 0 aliphatic heterocycles. The van der Waals surface area contributed by atoms with E-state index in [9.17, 15) is 10.1 Å². The van der Waals surface area contributed by atoms with Crippen LogP contribution in [0.1, 0.15) is 40.2 Å². The molecule has 1 N–H and O–H groups in total. The van der Waals surface area contributed by atoms with Crippen molar-refractivity contribution in [3.63, 3.8) is 0 Å². The predicted molar refractivity (Wildman–Crippen MR) is 80.0 cm³/mol. The molecule has 5 nitrogen and oxygen atoms in total. The van der Waals surface area contributed by atoms with Crippen molar-refractivity contribution in [3.8, 4) is 5.75 Å². The van der Waals surface area contributed by atoms with E-state index in [2.05, 4.69) is 39.9 Å². The van der Waals surface area contributed by atoms with Gasteiger partial charge in [-0.1, -0.05) is 13.8 Å². The molecular weight excluding hydrogens is 256 g/mol. The highest BCUT2D eigenvalue weighted by atomic mass is 16.6. The van der Waals surface area contributed by atoms with Gasteiger partial charge in [0, 0.05) is 29.8 Å². The molecule has 1 aromatic rings. The van der Waals surface area contributed by atoms with Crippen molar-refractivity contribution in [3.05, 3.63) is 33.9 Å². The molecule has 0 radical (unpaired) electrons. The molecule has 0 unspecified atom stereocenters. The number of benzene rings is 1. The molecule has 0 bridgehead atoms. The Bertz CT molecular complexity index is 465. The number of hydrogen-bond donors (Lipinski definition) is 1. The molecule has 0 spiro atoms. The Balaban J connectivity index is 2.94. The fraction of sp³-hybridized carbons (Fsp3) is 0.600. The summed E-state index contributed by atoms with van der Waals surface area (Å²) in [6, 6.07) is 4.74. The van der Waals surface area contributed by atoms with Crippen LogP contribution in [0.15, 0.2) is 18.2 Å². The Morgan fingerprint density at radius 2 is 2.00 bits per heavy atom. The highest BCUT2D eigenvalue weighted by Gasteiger charge is 2.15. The zero-order valence-corrected chi connectivity index (χ0v) is 12.9. The Labute approximate surface area is 120 Å². The summed E-state index contributed by atoms with van der Waals surface area (Å²) in [6.45, 7) is 11.4. The topological polar surface area (TPSA) is 64.4 Å². The SMILES string of the molecule is CC(C)COc1ccc([N+](=O)[O-])cc1CNC(C)(C)C. The van der Waals surface area contributed by atoms with Crippen LogP contribution in [0, 0.1) is 16.0 Å². The first-order chi connectivity index (χ1) is 9.19. The third kappa shape index (κ3) is 5.57. The molecule has 0 aromatic heterocycles. The summed E-state index contributed by atoms with van der Waals surface area (Å²) < 4.78 is 5.74. The van der Waals surface area contributed by atoms with Crippen molar-refractivity contribution in [1.29, 1.82) is 0 Å². The van der Waals surface area contributed by atoms with Crippen molar-refractivity contribution in [2.45, 2.75) is 46.7 Å². The average molecular weight is 280 g/mol. The van der Waals surface area contributed by atoms with E-state index in [-0.39, 0.29) is 16.1 Å². The van der Waals surface area contributed by atoms with E-state index in [1.54, 1.807) is 12.1 Å². The Morgan fingerprint density at radius 1 is 1.35 bits per heavy atom. The van der Waals surface area contributed by atoms with E-state index in [1.807, 2.05) is 0 Å². The Morgan fingerprint density at radius 3 is 2.50 bits per heavy atom. The molecule has 0 fully saturated rings. The van der Waals surface area contributed by atoms with Gasteiger partial charge in [-0.3, -0.25) is 10.1 Å². The molecule has 0 amide bonds. The van der Waals surface area contributed by atoms with Gasteiger partial charge in [0.1, 0.15) is 5.75 Å². The van der Waals surface area contributed by atoms with Gasteiger partial charge in [0.2, 0.25) is 0 Å².